The Bertz CT molecular complexity index is 737. The Balaban J connectivity index is 0.00000288. The van der Waals surface area contributed by atoms with Gasteiger partial charge >= 0.3 is 18.9 Å². The molecule has 0 fully saturated rings. The first-order chi connectivity index (χ1) is 10.9. The van der Waals surface area contributed by atoms with Gasteiger partial charge in [0.1, 0.15) is 5.83 Å². The Kier molecular flexibility index (Phi) is 7.34. The van der Waals surface area contributed by atoms with Crippen LogP contribution in [0.15, 0.2) is 60.2 Å². The Labute approximate surface area is 150 Å². The summed E-state index contributed by atoms with van der Waals surface area (Å²) in [5, 5.41) is 0. The molecule has 0 saturated heterocycles. The molecule has 120 valence electrons. The van der Waals surface area contributed by atoms with Crippen LogP contribution >= 0.6 is 0 Å². The van der Waals surface area contributed by atoms with Crippen molar-refractivity contribution in [3.8, 4) is 0 Å². The predicted octanol–water partition coefficient (Wildman–Crippen LogP) is 2.47. The standard InChI is InChI=1S/C18H14F4N.Li/c1-23(2)14-10-8-13(9-11-14)16(20)18(22)17(21)15(19)12-6-4-3-5-7-12;/h3-4,6-11H,1-2H3;/q-1;+1/b17-15+,18-16+;. The van der Waals surface area contributed by atoms with E-state index in [1.807, 2.05) is 0 Å². The van der Waals surface area contributed by atoms with E-state index in [1.165, 1.54) is 30.3 Å². The first-order valence-corrected chi connectivity index (χ1v) is 6.77. The SMILES string of the molecule is CN(C)c1ccc(/C(F)=C(F)/C(F)=C(\F)c2c[c-]ccc2)cc1.[Li+]. The number of benzene rings is 2. The average Bonchev–Trinajstić information content (AvgIpc) is 2.60. The first kappa shape index (κ1) is 20.1. The molecule has 0 heterocycles. The maximum absolute atomic E-state index is 14.0. The number of rotatable bonds is 4. The summed E-state index contributed by atoms with van der Waals surface area (Å²) in [7, 11) is 3.58. The van der Waals surface area contributed by atoms with Crippen molar-refractivity contribution in [2.75, 3.05) is 19.0 Å². The Morgan fingerprint density at radius 1 is 0.833 bits per heavy atom. The Morgan fingerprint density at radius 3 is 1.83 bits per heavy atom. The van der Waals surface area contributed by atoms with E-state index < -0.39 is 23.3 Å². The Morgan fingerprint density at radius 2 is 1.38 bits per heavy atom. The number of halogens is 4. The maximum Gasteiger partial charge on any atom is 1.00 e. The molecular weight excluding hydrogens is 313 g/mol. The molecule has 2 rings (SSSR count). The quantitative estimate of drug-likeness (QED) is 0.361. The van der Waals surface area contributed by atoms with Crippen molar-refractivity contribution >= 4 is 17.3 Å². The van der Waals surface area contributed by atoms with Gasteiger partial charge in [-0.05, 0) is 24.3 Å². The van der Waals surface area contributed by atoms with Crippen LogP contribution in [0.4, 0.5) is 23.2 Å². The predicted molar refractivity (Wildman–Crippen MR) is 84.3 cm³/mol. The van der Waals surface area contributed by atoms with Crippen molar-refractivity contribution in [1.29, 1.82) is 0 Å². The van der Waals surface area contributed by atoms with Gasteiger partial charge in [0, 0.05) is 25.3 Å². The van der Waals surface area contributed by atoms with Gasteiger partial charge in [0.2, 0.25) is 0 Å². The fourth-order valence-corrected chi connectivity index (χ4v) is 1.88. The molecule has 0 saturated carbocycles. The Hall–Kier alpha value is -1.96. The van der Waals surface area contributed by atoms with Gasteiger partial charge in [0.25, 0.3) is 0 Å². The van der Waals surface area contributed by atoms with E-state index in [9.17, 15) is 17.6 Å². The summed E-state index contributed by atoms with van der Waals surface area (Å²) in [5.41, 5.74) is 0.385. The normalized spacial score (nSPS) is 12.8. The fraction of sp³-hybridized carbons (Fsp3) is 0.111. The first-order valence-electron chi connectivity index (χ1n) is 6.77. The van der Waals surface area contributed by atoms with Gasteiger partial charge in [0.05, 0.1) is 0 Å². The van der Waals surface area contributed by atoms with Crippen molar-refractivity contribution < 1.29 is 36.4 Å². The van der Waals surface area contributed by atoms with Gasteiger partial charge in [0.15, 0.2) is 17.5 Å². The van der Waals surface area contributed by atoms with Crippen LogP contribution in [-0.2, 0) is 0 Å². The largest absolute Gasteiger partial charge is 1.00 e. The van der Waals surface area contributed by atoms with E-state index in [1.54, 1.807) is 31.1 Å². The zero-order chi connectivity index (χ0) is 17.0. The molecule has 2 aromatic rings. The van der Waals surface area contributed by atoms with Crippen LogP contribution in [0.5, 0.6) is 0 Å². The molecular formula is C18H14F4LiN. The van der Waals surface area contributed by atoms with E-state index in [4.69, 9.17) is 0 Å². The number of hydrogen-bond acceptors (Lipinski definition) is 1. The van der Waals surface area contributed by atoms with Crippen LogP contribution in [0.1, 0.15) is 11.1 Å². The molecule has 2 aromatic carbocycles. The second-order valence-corrected chi connectivity index (χ2v) is 4.99. The van der Waals surface area contributed by atoms with Crippen LogP contribution in [-0.4, -0.2) is 14.1 Å². The minimum atomic E-state index is -1.88. The maximum atomic E-state index is 14.0. The van der Waals surface area contributed by atoms with Crippen LogP contribution in [0.25, 0.3) is 11.7 Å². The summed E-state index contributed by atoms with van der Waals surface area (Å²) in [6.07, 6.45) is 0. The number of nitrogens with zero attached hydrogens (tertiary/aromatic N) is 1. The van der Waals surface area contributed by atoms with Gasteiger partial charge < -0.3 is 4.90 Å². The summed E-state index contributed by atoms with van der Waals surface area (Å²) in [6, 6.07) is 13.5. The topological polar surface area (TPSA) is 3.24 Å². The third-order valence-electron chi connectivity index (χ3n) is 3.18. The molecule has 0 aliphatic rings. The van der Waals surface area contributed by atoms with Gasteiger partial charge in [-0.25, -0.2) is 17.6 Å². The van der Waals surface area contributed by atoms with E-state index in [0.717, 1.165) is 11.8 Å². The molecule has 0 amide bonds. The van der Waals surface area contributed by atoms with E-state index in [2.05, 4.69) is 6.07 Å². The summed E-state index contributed by atoms with van der Waals surface area (Å²) in [6.45, 7) is 0. The molecule has 24 heavy (non-hydrogen) atoms. The molecule has 0 aliphatic heterocycles. The van der Waals surface area contributed by atoms with Crippen LogP contribution in [0.3, 0.4) is 0 Å². The third-order valence-corrected chi connectivity index (χ3v) is 3.18. The van der Waals surface area contributed by atoms with Crippen molar-refractivity contribution in [3.63, 3.8) is 0 Å². The molecule has 0 N–H and O–H groups in total. The van der Waals surface area contributed by atoms with Crippen LogP contribution < -0.4 is 23.8 Å². The van der Waals surface area contributed by atoms with Gasteiger partial charge in [-0.3, -0.25) is 0 Å². The molecule has 0 atom stereocenters. The fourth-order valence-electron chi connectivity index (χ4n) is 1.88. The van der Waals surface area contributed by atoms with Gasteiger partial charge in [-0.2, -0.15) is 30.3 Å². The van der Waals surface area contributed by atoms with Gasteiger partial charge in [-0.15, -0.1) is 0 Å². The summed E-state index contributed by atoms with van der Waals surface area (Å²) >= 11 is 0. The second kappa shape index (κ2) is 8.77. The summed E-state index contributed by atoms with van der Waals surface area (Å²) in [4.78, 5) is 1.77. The zero-order valence-corrected chi connectivity index (χ0v) is 13.6. The van der Waals surface area contributed by atoms with Crippen molar-refractivity contribution in [1.82, 2.24) is 0 Å². The second-order valence-electron chi connectivity index (χ2n) is 4.99. The molecule has 0 aliphatic carbocycles. The minimum absolute atomic E-state index is 0. The number of allylic oxidation sites excluding steroid dienone is 2. The van der Waals surface area contributed by atoms with E-state index in [0.29, 0.717) is 0 Å². The third kappa shape index (κ3) is 4.53. The number of hydrogen-bond donors (Lipinski definition) is 0. The minimum Gasteiger partial charge on any atom is -0.378 e. The summed E-state index contributed by atoms with van der Waals surface area (Å²) < 4.78 is 55.6. The smallest absolute Gasteiger partial charge is 0.378 e. The van der Waals surface area contributed by atoms with Crippen LogP contribution in [0, 0.1) is 6.07 Å². The molecule has 0 radical (unpaired) electrons. The molecule has 0 spiro atoms. The molecule has 6 heteroatoms. The monoisotopic (exact) mass is 327 g/mol. The van der Waals surface area contributed by atoms with E-state index >= 15 is 0 Å². The molecule has 0 aromatic heterocycles. The van der Waals surface area contributed by atoms with Crippen molar-refractivity contribution in [2.45, 2.75) is 0 Å². The molecule has 0 bridgehead atoms. The average molecular weight is 327 g/mol. The van der Waals surface area contributed by atoms with Crippen LogP contribution in [0.2, 0.25) is 0 Å². The van der Waals surface area contributed by atoms with E-state index in [-0.39, 0.29) is 30.0 Å². The van der Waals surface area contributed by atoms with Crippen molar-refractivity contribution in [3.05, 3.63) is 77.4 Å². The summed E-state index contributed by atoms with van der Waals surface area (Å²) in [5.74, 6) is -6.68. The molecule has 0 unspecified atom stereocenters. The van der Waals surface area contributed by atoms with Gasteiger partial charge in [-0.1, -0.05) is 5.56 Å². The number of anilines is 1. The zero-order valence-electron chi connectivity index (χ0n) is 13.6. The van der Waals surface area contributed by atoms with Crippen molar-refractivity contribution in [2.24, 2.45) is 0 Å². The molecule has 1 nitrogen and oxygen atoms in total.